The van der Waals surface area contributed by atoms with Gasteiger partial charge in [-0.25, -0.2) is 0 Å². The van der Waals surface area contributed by atoms with Gasteiger partial charge in [-0.15, -0.1) is 0 Å². The van der Waals surface area contributed by atoms with Gasteiger partial charge < -0.3 is 20.9 Å². The fourth-order valence-electron chi connectivity index (χ4n) is 2.38. The van der Waals surface area contributed by atoms with E-state index in [1.165, 1.54) is 0 Å². The van der Waals surface area contributed by atoms with E-state index < -0.39 is 0 Å². The summed E-state index contributed by atoms with van der Waals surface area (Å²) in [6.07, 6.45) is 1.19. The molecule has 1 aromatic carbocycles. The van der Waals surface area contributed by atoms with Crippen molar-refractivity contribution in [1.82, 2.24) is 4.90 Å². The average molecular weight is 290 g/mol. The fourth-order valence-corrected chi connectivity index (χ4v) is 2.38. The van der Waals surface area contributed by atoms with Crippen LogP contribution in [-0.4, -0.2) is 43.9 Å². The lowest BCUT2D eigenvalue weighted by Crippen LogP contribution is -2.37. The van der Waals surface area contributed by atoms with Crippen LogP contribution in [0.4, 0.5) is 17.1 Å². The van der Waals surface area contributed by atoms with Crippen molar-refractivity contribution in [3.05, 3.63) is 17.7 Å². The molecule has 0 radical (unpaired) electrons. The lowest BCUT2D eigenvalue weighted by atomic mass is 10.0. The summed E-state index contributed by atoms with van der Waals surface area (Å²) in [5, 5.41) is 2.87. The Morgan fingerprint density at radius 1 is 1.33 bits per heavy atom. The van der Waals surface area contributed by atoms with Crippen LogP contribution in [0.3, 0.4) is 0 Å². The zero-order valence-corrected chi connectivity index (χ0v) is 12.8. The number of nitrogen functional groups attached to an aromatic ring is 1. The van der Waals surface area contributed by atoms with Gasteiger partial charge in [0.25, 0.3) is 0 Å². The highest BCUT2D eigenvalue weighted by atomic mass is 16.2. The van der Waals surface area contributed by atoms with E-state index in [0.29, 0.717) is 25.1 Å². The van der Waals surface area contributed by atoms with Gasteiger partial charge >= 0.3 is 0 Å². The second-order valence-electron chi connectivity index (χ2n) is 5.42. The number of nitrogens with two attached hydrogens (primary N) is 1. The van der Waals surface area contributed by atoms with E-state index in [1.807, 2.05) is 24.0 Å². The molecule has 0 fully saturated rings. The minimum absolute atomic E-state index is 0.0120. The van der Waals surface area contributed by atoms with Crippen molar-refractivity contribution >= 4 is 28.9 Å². The van der Waals surface area contributed by atoms with Crippen LogP contribution in [0.1, 0.15) is 18.9 Å². The number of hydrogen-bond acceptors (Lipinski definition) is 4. The van der Waals surface area contributed by atoms with E-state index in [4.69, 9.17) is 5.73 Å². The normalized spacial score (nSPS) is 13.4. The molecule has 1 aromatic rings. The molecule has 114 valence electrons. The molecule has 0 aromatic heterocycles. The molecule has 0 bridgehead atoms. The Morgan fingerprint density at radius 2 is 2.05 bits per heavy atom. The molecule has 6 heteroatoms. The Morgan fingerprint density at radius 3 is 2.67 bits per heavy atom. The smallest absolute Gasteiger partial charge is 0.241 e. The van der Waals surface area contributed by atoms with Crippen LogP contribution in [0.5, 0.6) is 0 Å². The molecule has 1 aliphatic heterocycles. The molecule has 2 rings (SSSR count). The fraction of sp³-hybridized carbons (Fsp3) is 0.467. The topological polar surface area (TPSA) is 78.7 Å². The summed E-state index contributed by atoms with van der Waals surface area (Å²) < 4.78 is 0. The summed E-state index contributed by atoms with van der Waals surface area (Å²) in [6.45, 7) is 2.90. The maximum absolute atomic E-state index is 11.9. The number of benzene rings is 1. The SMILES string of the molecule is CCN(CC(=O)N(C)C)c1cc2c(cc1N)CCC(=O)N2. The first-order valence-electron chi connectivity index (χ1n) is 7.09. The zero-order valence-electron chi connectivity index (χ0n) is 12.8. The monoisotopic (exact) mass is 290 g/mol. The molecule has 6 nitrogen and oxygen atoms in total. The largest absolute Gasteiger partial charge is 0.397 e. The summed E-state index contributed by atoms with van der Waals surface area (Å²) in [4.78, 5) is 26.9. The Bertz CT molecular complexity index is 569. The molecule has 3 N–H and O–H groups in total. The molecule has 1 aliphatic rings. The van der Waals surface area contributed by atoms with Gasteiger partial charge in [0, 0.05) is 32.7 Å². The molecule has 1 heterocycles. The van der Waals surface area contributed by atoms with Gasteiger partial charge in [0.2, 0.25) is 11.8 Å². The number of fused-ring (bicyclic) bond motifs is 1. The van der Waals surface area contributed by atoms with Gasteiger partial charge in [0.05, 0.1) is 17.9 Å². The molecule has 0 unspecified atom stereocenters. The highest BCUT2D eigenvalue weighted by molar-refractivity contribution is 5.96. The Hall–Kier alpha value is -2.24. The molecular formula is C15H22N4O2. The lowest BCUT2D eigenvalue weighted by Gasteiger charge is -2.28. The van der Waals surface area contributed by atoms with Gasteiger partial charge in [0.1, 0.15) is 0 Å². The Kier molecular flexibility index (Phi) is 4.35. The van der Waals surface area contributed by atoms with Crippen LogP contribution in [0.25, 0.3) is 0 Å². The first-order chi connectivity index (χ1) is 9.92. The minimum atomic E-state index is 0.0120. The summed E-state index contributed by atoms with van der Waals surface area (Å²) in [5.74, 6) is 0.0312. The molecule has 0 saturated carbocycles. The lowest BCUT2D eigenvalue weighted by molar-refractivity contribution is -0.127. The third-order valence-corrected chi connectivity index (χ3v) is 3.70. The number of aryl methyl sites for hydroxylation is 1. The van der Waals surface area contributed by atoms with Gasteiger partial charge in [0.15, 0.2) is 0 Å². The number of nitrogens with zero attached hydrogens (tertiary/aromatic N) is 2. The molecule has 0 atom stereocenters. The Labute approximate surface area is 124 Å². The number of carbonyl (C=O) groups excluding carboxylic acids is 2. The molecule has 0 spiro atoms. The van der Waals surface area contributed by atoms with E-state index in [-0.39, 0.29) is 18.4 Å². The van der Waals surface area contributed by atoms with Crippen molar-refractivity contribution < 1.29 is 9.59 Å². The molecule has 0 aliphatic carbocycles. The van der Waals surface area contributed by atoms with E-state index in [2.05, 4.69) is 5.32 Å². The molecule has 2 amide bonds. The standard InChI is InChI=1S/C15H22N4O2/c1-4-19(9-15(21)18(2)3)13-8-12-10(7-11(13)16)5-6-14(20)17-12/h7-8H,4-6,9,16H2,1-3H3,(H,17,20). The van der Waals surface area contributed by atoms with Crippen LogP contribution >= 0.6 is 0 Å². The average Bonchev–Trinajstić information content (AvgIpc) is 2.44. The van der Waals surface area contributed by atoms with Crippen LogP contribution in [0.2, 0.25) is 0 Å². The van der Waals surface area contributed by atoms with Crippen LogP contribution in [0, 0.1) is 0 Å². The summed E-state index contributed by atoms with van der Waals surface area (Å²) in [5.41, 5.74) is 9.40. The van der Waals surface area contributed by atoms with Gasteiger partial charge in [-0.1, -0.05) is 0 Å². The number of nitrogens with one attached hydrogen (secondary N) is 1. The van der Waals surface area contributed by atoms with E-state index in [1.54, 1.807) is 19.0 Å². The van der Waals surface area contributed by atoms with Gasteiger partial charge in [-0.3, -0.25) is 9.59 Å². The highest BCUT2D eigenvalue weighted by Crippen LogP contribution is 2.33. The minimum Gasteiger partial charge on any atom is -0.397 e. The summed E-state index contributed by atoms with van der Waals surface area (Å²) in [7, 11) is 3.46. The maximum atomic E-state index is 11.9. The van der Waals surface area contributed by atoms with E-state index in [9.17, 15) is 9.59 Å². The number of carbonyl (C=O) groups is 2. The molecular weight excluding hydrogens is 268 g/mol. The van der Waals surface area contributed by atoms with Crippen molar-refractivity contribution in [3.63, 3.8) is 0 Å². The van der Waals surface area contributed by atoms with Gasteiger partial charge in [-0.05, 0) is 31.0 Å². The quantitative estimate of drug-likeness (QED) is 0.813. The number of amides is 2. The van der Waals surface area contributed by atoms with Crippen molar-refractivity contribution in [2.75, 3.05) is 43.1 Å². The predicted molar refractivity (Wildman–Crippen MR) is 84.4 cm³/mol. The van der Waals surface area contributed by atoms with E-state index >= 15 is 0 Å². The van der Waals surface area contributed by atoms with Gasteiger partial charge in [-0.2, -0.15) is 0 Å². The van der Waals surface area contributed by atoms with Crippen molar-refractivity contribution in [2.24, 2.45) is 0 Å². The molecule has 0 saturated heterocycles. The number of anilines is 3. The van der Waals surface area contributed by atoms with E-state index in [0.717, 1.165) is 16.9 Å². The number of likely N-dealkylation sites (N-methyl/N-ethyl adjacent to an activating group) is 2. The second-order valence-corrected chi connectivity index (χ2v) is 5.42. The first-order valence-corrected chi connectivity index (χ1v) is 7.09. The summed E-state index contributed by atoms with van der Waals surface area (Å²) in [6, 6.07) is 3.76. The van der Waals surface area contributed by atoms with Crippen molar-refractivity contribution in [3.8, 4) is 0 Å². The van der Waals surface area contributed by atoms with Crippen molar-refractivity contribution in [2.45, 2.75) is 19.8 Å². The van der Waals surface area contributed by atoms with Crippen LogP contribution in [0.15, 0.2) is 12.1 Å². The maximum Gasteiger partial charge on any atom is 0.241 e. The Balaban J connectivity index is 2.31. The van der Waals surface area contributed by atoms with Crippen molar-refractivity contribution in [1.29, 1.82) is 0 Å². The predicted octanol–water partition coefficient (Wildman–Crippen LogP) is 1.07. The number of rotatable bonds is 4. The third-order valence-electron chi connectivity index (χ3n) is 3.70. The summed E-state index contributed by atoms with van der Waals surface area (Å²) >= 11 is 0. The van der Waals surface area contributed by atoms with Crippen LogP contribution in [-0.2, 0) is 16.0 Å². The second kappa shape index (κ2) is 6.03. The number of hydrogen-bond donors (Lipinski definition) is 2. The zero-order chi connectivity index (χ0) is 15.6. The first kappa shape index (κ1) is 15.2. The highest BCUT2D eigenvalue weighted by Gasteiger charge is 2.20. The third kappa shape index (κ3) is 3.26. The van der Waals surface area contributed by atoms with Crippen LogP contribution < -0.4 is 16.0 Å². The molecule has 21 heavy (non-hydrogen) atoms.